The normalized spacial score (nSPS) is 9.75. The van der Waals surface area contributed by atoms with Gasteiger partial charge < -0.3 is 19.5 Å². The molecule has 0 saturated heterocycles. The molecule has 0 amide bonds. The van der Waals surface area contributed by atoms with Gasteiger partial charge in [0.15, 0.2) is 0 Å². The van der Waals surface area contributed by atoms with E-state index in [2.05, 4.69) is 18.3 Å². The number of benzene rings is 2. The lowest BCUT2D eigenvalue weighted by Gasteiger charge is -2.13. The zero-order chi connectivity index (χ0) is 17.9. The summed E-state index contributed by atoms with van der Waals surface area (Å²) in [6, 6.07) is 11.9. The monoisotopic (exact) mass is 331 g/mol. The van der Waals surface area contributed by atoms with Gasteiger partial charge in [0.1, 0.15) is 17.2 Å². The van der Waals surface area contributed by atoms with Crippen LogP contribution in [0, 0.1) is 6.92 Å². The second-order valence-electron chi connectivity index (χ2n) is 5.03. The van der Waals surface area contributed by atoms with Crippen LogP contribution < -0.4 is 19.5 Å². The van der Waals surface area contributed by atoms with E-state index in [1.807, 2.05) is 44.2 Å². The summed E-state index contributed by atoms with van der Waals surface area (Å²) >= 11 is 0. The summed E-state index contributed by atoms with van der Waals surface area (Å²) in [4.78, 5) is 0. The lowest BCUT2D eigenvalue weighted by atomic mass is 10.1. The third-order valence-corrected chi connectivity index (χ3v) is 3.74. The first-order valence-electron chi connectivity index (χ1n) is 8.23. The van der Waals surface area contributed by atoms with Crippen LogP contribution in [0.15, 0.2) is 36.4 Å². The maximum absolute atomic E-state index is 5.41. The van der Waals surface area contributed by atoms with E-state index in [9.17, 15) is 0 Å². The molecule has 0 heterocycles. The summed E-state index contributed by atoms with van der Waals surface area (Å²) in [5.74, 6) is 2.54. The molecule has 132 valence electrons. The Morgan fingerprint density at radius 3 is 2.08 bits per heavy atom. The van der Waals surface area contributed by atoms with Crippen LogP contribution >= 0.6 is 0 Å². The third-order valence-electron chi connectivity index (χ3n) is 3.74. The van der Waals surface area contributed by atoms with Gasteiger partial charge in [-0.2, -0.15) is 0 Å². The summed E-state index contributed by atoms with van der Waals surface area (Å²) in [6.45, 7) is 7.58. The number of hydrogen-bond acceptors (Lipinski definition) is 4. The van der Waals surface area contributed by atoms with Gasteiger partial charge in [-0.1, -0.05) is 32.0 Å². The predicted octanol–water partition coefficient (Wildman–Crippen LogP) is 4.34. The average molecular weight is 331 g/mol. The summed E-state index contributed by atoms with van der Waals surface area (Å²) in [5.41, 5.74) is 3.50. The van der Waals surface area contributed by atoms with Crippen molar-refractivity contribution in [3.63, 3.8) is 0 Å². The molecule has 2 aromatic rings. The van der Waals surface area contributed by atoms with Crippen LogP contribution in [0.2, 0.25) is 0 Å². The Hall–Kier alpha value is -2.20. The van der Waals surface area contributed by atoms with Gasteiger partial charge in [-0.15, -0.1) is 0 Å². The molecule has 0 spiro atoms. The van der Waals surface area contributed by atoms with Crippen molar-refractivity contribution >= 4 is 0 Å². The average Bonchev–Trinajstić information content (AvgIpc) is 2.65. The highest BCUT2D eigenvalue weighted by Crippen LogP contribution is 2.25. The third kappa shape index (κ3) is 5.17. The van der Waals surface area contributed by atoms with Crippen molar-refractivity contribution in [3.8, 4) is 17.2 Å². The fraction of sp³-hybridized carbons (Fsp3) is 0.400. The van der Waals surface area contributed by atoms with Gasteiger partial charge in [0.2, 0.25) is 0 Å². The van der Waals surface area contributed by atoms with Crippen molar-refractivity contribution < 1.29 is 14.2 Å². The highest BCUT2D eigenvalue weighted by Gasteiger charge is 2.07. The molecule has 0 saturated carbocycles. The summed E-state index contributed by atoms with van der Waals surface area (Å²) in [6.07, 6.45) is 0. The predicted molar refractivity (Wildman–Crippen MR) is 99.2 cm³/mol. The smallest absolute Gasteiger partial charge is 0.127 e. The quantitative estimate of drug-likeness (QED) is 0.819. The topological polar surface area (TPSA) is 39.7 Å². The van der Waals surface area contributed by atoms with Gasteiger partial charge in [0, 0.05) is 24.7 Å². The van der Waals surface area contributed by atoms with E-state index >= 15 is 0 Å². The first kappa shape index (κ1) is 19.8. The second-order valence-corrected chi connectivity index (χ2v) is 5.03. The molecule has 0 bridgehead atoms. The van der Waals surface area contributed by atoms with Crippen LogP contribution in [0.4, 0.5) is 0 Å². The molecule has 0 atom stereocenters. The summed E-state index contributed by atoms with van der Waals surface area (Å²) < 4.78 is 16.0. The van der Waals surface area contributed by atoms with E-state index in [1.54, 1.807) is 21.3 Å². The van der Waals surface area contributed by atoms with Crippen molar-refractivity contribution in [2.75, 3.05) is 21.3 Å². The van der Waals surface area contributed by atoms with Crippen molar-refractivity contribution in [2.45, 2.75) is 33.9 Å². The fourth-order valence-corrected chi connectivity index (χ4v) is 2.40. The van der Waals surface area contributed by atoms with Crippen molar-refractivity contribution in [1.82, 2.24) is 5.32 Å². The number of rotatable bonds is 7. The molecular formula is C20H29NO3. The van der Waals surface area contributed by atoms with E-state index < -0.39 is 0 Å². The Balaban J connectivity index is 0.00000139. The van der Waals surface area contributed by atoms with E-state index in [0.717, 1.165) is 35.9 Å². The van der Waals surface area contributed by atoms with E-state index in [4.69, 9.17) is 14.2 Å². The Morgan fingerprint density at radius 2 is 1.46 bits per heavy atom. The van der Waals surface area contributed by atoms with Gasteiger partial charge >= 0.3 is 0 Å². The van der Waals surface area contributed by atoms with Crippen LogP contribution in [-0.2, 0) is 13.1 Å². The van der Waals surface area contributed by atoms with E-state index in [0.29, 0.717) is 0 Å². The summed E-state index contributed by atoms with van der Waals surface area (Å²) in [5, 5.41) is 3.45. The number of hydrogen-bond donors (Lipinski definition) is 1. The lowest BCUT2D eigenvalue weighted by Crippen LogP contribution is -2.14. The van der Waals surface area contributed by atoms with Gasteiger partial charge in [0.05, 0.1) is 21.3 Å². The number of methoxy groups -OCH3 is 3. The van der Waals surface area contributed by atoms with Gasteiger partial charge in [0.25, 0.3) is 0 Å². The fourth-order valence-electron chi connectivity index (χ4n) is 2.40. The van der Waals surface area contributed by atoms with E-state index in [-0.39, 0.29) is 0 Å². The standard InChI is InChI=1S/C18H23NO3.C2H6/c1-13-14(6-5-7-17(13)21-3)11-19-12-15-8-9-16(20-2)10-18(15)22-4;1-2/h5-10,19H,11-12H2,1-4H3;1-2H3. The molecule has 0 aromatic heterocycles. The van der Waals surface area contributed by atoms with Crippen molar-refractivity contribution in [3.05, 3.63) is 53.1 Å². The molecule has 4 heteroatoms. The molecule has 0 aliphatic heterocycles. The van der Waals surface area contributed by atoms with Gasteiger partial charge in [-0.05, 0) is 30.2 Å². The van der Waals surface area contributed by atoms with Crippen LogP contribution in [-0.4, -0.2) is 21.3 Å². The molecule has 4 nitrogen and oxygen atoms in total. The largest absolute Gasteiger partial charge is 0.497 e. The lowest BCUT2D eigenvalue weighted by molar-refractivity contribution is 0.389. The highest BCUT2D eigenvalue weighted by atomic mass is 16.5. The Morgan fingerprint density at radius 1 is 0.792 bits per heavy atom. The maximum Gasteiger partial charge on any atom is 0.127 e. The first-order valence-corrected chi connectivity index (χ1v) is 8.23. The minimum absolute atomic E-state index is 0.726. The Bertz CT molecular complexity index is 626. The minimum atomic E-state index is 0.726. The number of nitrogens with one attached hydrogen (secondary N) is 1. The van der Waals surface area contributed by atoms with Gasteiger partial charge in [-0.3, -0.25) is 0 Å². The molecule has 24 heavy (non-hydrogen) atoms. The van der Waals surface area contributed by atoms with Crippen molar-refractivity contribution in [1.29, 1.82) is 0 Å². The van der Waals surface area contributed by atoms with Crippen LogP contribution in [0.5, 0.6) is 17.2 Å². The molecule has 0 aliphatic rings. The van der Waals surface area contributed by atoms with Crippen LogP contribution in [0.3, 0.4) is 0 Å². The molecule has 0 fully saturated rings. The molecule has 0 unspecified atom stereocenters. The summed E-state index contributed by atoms with van der Waals surface area (Å²) in [7, 11) is 5.02. The molecule has 2 aromatic carbocycles. The molecule has 1 N–H and O–H groups in total. The SMILES string of the molecule is CC.COc1ccc(CNCc2cccc(OC)c2C)c(OC)c1. The van der Waals surface area contributed by atoms with Crippen LogP contribution in [0.25, 0.3) is 0 Å². The van der Waals surface area contributed by atoms with E-state index in [1.165, 1.54) is 11.1 Å². The Labute approximate surface area is 145 Å². The molecule has 0 radical (unpaired) electrons. The van der Waals surface area contributed by atoms with Crippen molar-refractivity contribution in [2.24, 2.45) is 0 Å². The zero-order valence-corrected chi connectivity index (χ0v) is 15.6. The maximum atomic E-state index is 5.41. The Kier molecular flexibility index (Phi) is 8.72. The first-order chi connectivity index (χ1) is 11.7. The second kappa shape index (κ2) is 10.6. The molecule has 2 rings (SSSR count). The zero-order valence-electron chi connectivity index (χ0n) is 15.6. The van der Waals surface area contributed by atoms with Crippen LogP contribution in [0.1, 0.15) is 30.5 Å². The number of ether oxygens (including phenoxy) is 3. The van der Waals surface area contributed by atoms with Gasteiger partial charge in [-0.25, -0.2) is 0 Å². The highest BCUT2D eigenvalue weighted by molar-refractivity contribution is 5.41. The molecular weight excluding hydrogens is 302 g/mol. The molecule has 0 aliphatic carbocycles. The minimum Gasteiger partial charge on any atom is -0.497 e.